The summed E-state index contributed by atoms with van der Waals surface area (Å²) in [5.74, 6) is 1.19. The van der Waals surface area contributed by atoms with Crippen LogP contribution in [0.4, 0.5) is 10.3 Å². The van der Waals surface area contributed by atoms with Gasteiger partial charge in [0.25, 0.3) is 0 Å². The first kappa shape index (κ1) is 19.1. The Morgan fingerprint density at radius 2 is 1.67 bits per heavy atom. The number of amides is 1. The predicted molar refractivity (Wildman–Crippen MR) is 116 cm³/mol. The van der Waals surface area contributed by atoms with Crippen molar-refractivity contribution in [1.29, 1.82) is 0 Å². The van der Waals surface area contributed by atoms with Crippen LogP contribution in [0.5, 0.6) is 0 Å². The first-order valence-electron chi connectivity index (χ1n) is 10.9. The predicted octanol–water partition coefficient (Wildman–Crippen LogP) is 4.06. The van der Waals surface area contributed by atoms with Crippen molar-refractivity contribution in [3.8, 4) is 0 Å². The summed E-state index contributed by atoms with van der Waals surface area (Å²) < 4.78 is 15.6. The fourth-order valence-electron chi connectivity index (χ4n) is 4.75. The van der Waals surface area contributed by atoms with Crippen molar-refractivity contribution in [2.75, 3.05) is 31.1 Å². The van der Waals surface area contributed by atoms with Crippen LogP contribution in [0.25, 0.3) is 11.0 Å². The van der Waals surface area contributed by atoms with E-state index in [2.05, 4.69) is 15.5 Å². The zero-order chi connectivity index (χ0) is 20.5. The number of carbonyl (C=O) groups is 1. The molecule has 3 aromatic rings. The Labute approximate surface area is 176 Å². The summed E-state index contributed by atoms with van der Waals surface area (Å²) in [4.78, 5) is 22.0. The highest BCUT2D eigenvalue weighted by molar-refractivity contribution is 5.80. The second kappa shape index (κ2) is 8.09. The number of hydrogen-bond acceptors (Lipinski definition) is 3. The number of imidazole rings is 1. The summed E-state index contributed by atoms with van der Waals surface area (Å²) in [6.07, 6.45) is 4.01. The minimum atomic E-state index is -0.223. The fraction of sp³-hybridized carbons (Fsp3) is 0.417. The Kier molecular flexibility index (Phi) is 5.15. The number of para-hydroxylation sites is 2. The molecule has 5 nitrogen and oxygen atoms in total. The number of aromatic nitrogens is 2. The second-order valence-electron chi connectivity index (χ2n) is 8.41. The summed E-state index contributed by atoms with van der Waals surface area (Å²) >= 11 is 0. The monoisotopic (exact) mass is 406 g/mol. The molecule has 2 aliphatic rings. The average molecular weight is 407 g/mol. The lowest BCUT2D eigenvalue weighted by Gasteiger charge is -2.34. The van der Waals surface area contributed by atoms with Gasteiger partial charge in [-0.15, -0.1) is 0 Å². The number of nitrogens with zero attached hydrogens (tertiary/aromatic N) is 4. The number of fused-ring (bicyclic) bond motifs is 1. The molecule has 5 rings (SSSR count). The van der Waals surface area contributed by atoms with Gasteiger partial charge in [0.05, 0.1) is 17.6 Å². The van der Waals surface area contributed by atoms with Gasteiger partial charge in [-0.25, -0.2) is 9.37 Å². The van der Waals surface area contributed by atoms with E-state index in [-0.39, 0.29) is 11.7 Å². The first-order chi connectivity index (χ1) is 14.7. The van der Waals surface area contributed by atoms with E-state index >= 15 is 0 Å². The molecule has 2 fully saturated rings. The summed E-state index contributed by atoms with van der Waals surface area (Å²) in [7, 11) is 0. The summed E-state index contributed by atoms with van der Waals surface area (Å²) in [6.45, 7) is 4.15. The van der Waals surface area contributed by atoms with E-state index in [0.29, 0.717) is 12.5 Å². The summed E-state index contributed by atoms with van der Waals surface area (Å²) in [6, 6.07) is 14.8. The average Bonchev–Trinajstić information content (AvgIpc) is 3.44. The van der Waals surface area contributed by atoms with E-state index in [9.17, 15) is 9.18 Å². The third-order valence-electron chi connectivity index (χ3n) is 6.43. The van der Waals surface area contributed by atoms with Crippen LogP contribution in [-0.4, -0.2) is 46.5 Å². The highest BCUT2D eigenvalue weighted by Crippen LogP contribution is 2.29. The van der Waals surface area contributed by atoms with Crippen LogP contribution in [0, 0.1) is 11.7 Å². The molecule has 0 radical (unpaired) electrons. The number of halogens is 1. The quantitative estimate of drug-likeness (QED) is 0.656. The number of piperidine rings is 1. The van der Waals surface area contributed by atoms with E-state index in [0.717, 1.165) is 74.4 Å². The summed E-state index contributed by atoms with van der Waals surface area (Å²) in [5.41, 5.74) is 3.08. The van der Waals surface area contributed by atoms with E-state index in [1.165, 1.54) is 12.1 Å². The van der Waals surface area contributed by atoms with E-state index in [1.54, 1.807) is 0 Å². The van der Waals surface area contributed by atoms with Gasteiger partial charge in [-0.3, -0.25) is 4.79 Å². The van der Waals surface area contributed by atoms with Crippen LogP contribution in [0.15, 0.2) is 48.5 Å². The van der Waals surface area contributed by atoms with Gasteiger partial charge in [-0.1, -0.05) is 24.3 Å². The molecule has 1 aromatic heterocycles. The van der Waals surface area contributed by atoms with Gasteiger partial charge in [-0.2, -0.15) is 0 Å². The van der Waals surface area contributed by atoms with Crippen molar-refractivity contribution in [2.45, 2.75) is 32.2 Å². The minimum absolute atomic E-state index is 0.134. The Morgan fingerprint density at radius 1 is 0.967 bits per heavy atom. The molecule has 30 heavy (non-hydrogen) atoms. The lowest BCUT2D eigenvalue weighted by molar-refractivity contribution is -0.135. The number of carbonyl (C=O) groups excluding carboxylic acids is 1. The Balaban J connectivity index is 1.37. The lowest BCUT2D eigenvalue weighted by atomic mass is 9.95. The van der Waals surface area contributed by atoms with E-state index in [1.807, 2.05) is 35.2 Å². The van der Waals surface area contributed by atoms with E-state index in [4.69, 9.17) is 4.98 Å². The smallest absolute Gasteiger partial charge is 0.225 e. The van der Waals surface area contributed by atoms with Crippen molar-refractivity contribution in [2.24, 2.45) is 5.92 Å². The molecule has 0 spiro atoms. The van der Waals surface area contributed by atoms with Crippen LogP contribution in [0.1, 0.15) is 31.2 Å². The van der Waals surface area contributed by atoms with Crippen molar-refractivity contribution >= 4 is 22.9 Å². The number of likely N-dealkylation sites (tertiary alicyclic amines) is 1. The molecule has 1 amide bonds. The molecule has 2 aromatic carbocycles. The maximum atomic E-state index is 13.3. The largest absolute Gasteiger partial charge is 0.342 e. The normalized spacial score (nSPS) is 17.8. The zero-order valence-electron chi connectivity index (χ0n) is 17.1. The molecule has 2 saturated heterocycles. The van der Waals surface area contributed by atoms with Crippen molar-refractivity contribution < 1.29 is 9.18 Å². The van der Waals surface area contributed by atoms with E-state index < -0.39 is 0 Å². The molecular formula is C24H27FN4O. The van der Waals surface area contributed by atoms with Crippen molar-refractivity contribution in [3.63, 3.8) is 0 Å². The highest BCUT2D eigenvalue weighted by Gasteiger charge is 2.31. The molecule has 0 atom stereocenters. The number of benzene rings is 2. The van der Waals surface area contributed by atoms with Crippen LogP contribution < -0.4 is 4.90 Å². The molecule has 0 bridgehead atoms. The van der Waals surface area contributed by atoms with Crippen LogP contribution in [0.2, 0.25) is 0 Å². The van der Waals surface area contributed by atoms with Gasteiger partial charge in [0.15, 0.2) is 0 Å². The molecule has 0 saturated carbocycles. The summed E-state index contributed by atoms with van der Waals surface area (Å²) in [5, 5.41) is 0. The Bertz CT molecular complexity index is 1030. The van der Waals surface area contributed by atoms with Gasteiger partial charge in [-0.05, 0) is 55.5 Å². The maximum Gasteiger partial charge on any atom is 0.225 e. The third-order valence-corrected chi connectivity index (χ3v) is 6.43. The molecule has 2 aliphatic heterocycles. The minimum Gasteiger partial charge on any atom is -0.342 e. The standard InChI is InChI=1S/C24H27FN4O/c25-20-9-7-18(8-10-20)17-29-22-6-2-1-5-21(22)26-24(29)28-15-11-19(12-16-28)23(30)27-13-3-4-14-27/h1-2,5-10,19H,3-4,11-17H2. The Hall–Kier alpha value is -2.89. The van der Waals surface area contributed by atoms with Crippen molar-refractivity contribution in [3.05, 3.63) is 59.9 Å². The fourth-order valence-corrected chi connectivity index (χ4v) is 4.75. The number of rotatable bonds is 4. The highest BCUT2D eigenvalue weighted by atomic mass is 19.1. The van der Waals surface area contributed by atoms with Gasteiger partial charge >= 0.3 is 0 Å². The van der Waals surface area contributed by atoms with Gasteiger partial charge in [0.2, 0.25) is 11.9 Å². The topological polar surface area (TPSA) is 41.4 Å². The number of anilines is 1. The molecule has 0 N–H and O–H groups in total. The van der Waals surface area contributed by atoms with Gasteiger partial charge in [0.1, 0.15) is 5.82 Å². The van der Waals surface area contributed by atoms with Crippen LogP contribution in [0.3, 0.4) is 0 Å². The number of hydrogen-bond donors (Lipinski definition) is 0. The Morgan fingerprint density at radius 3 is 2.40 bits per heavy atom. The third kappa shape index (κ3) is 3.66. The first-order valence-corrected chi connectivity index (χ1v) is 10.9. The van der Waals surface area contributed by atoms with Crippen LogP contribution >= 0.6 is 0 Å². The van der Waals surface area contributed by atoms with Crippen LogP contribution in [-0.2, 0) is 11.3 Å². The van der Waals surface area contributed by atoms with Gasteiger partial charge < -0.3 is 14.4 Å². The second-order valence-corrected chi connectivity index (χ2v) is 8.41. The maximum absolute atomic E-state index is 13.3. The lowest BCUT2D eigenvalue weighted by Crippen LogP contribution is -2.42. The SMILES string of the molecule is O=C(C1CCN(c2nc3ccccc3n2Cc2ccc(F)cc2)CC1)N1CCCC1. The molecule has 0 aliphatic carbocycles. The van der Waals surface area contributed by atoms with Crippen molar-refractivity contribution in [1.82, 2.24) is 14.5 Å². The molecule has 156 valence electrons. The molecule has 6 heteroatoms. The molecular weight excluding hydrogens is 379 g/mol. The zero-order valence-corrected chi connectivity index (χ0v) is 17.1. The molecule has 3 heterocycles. The molecule has 0 unspecified atom stereocenters. The van der Waals surface area contributed by atoms with Gasteiger partial charge in [0, 0.05) is 32.1 Å².